The largest absolute Gasteiger partial charge is 0.462 e. The Labute approximate surface area is 140 Å². The third-order valence-corrected chi connectivity index (χ3v) is 4.09. The minimum absolute atomic E-state index is 0.308. The van der Waals surface area contributed by atoms with Gasteiger partial charge in [0.05, 0.1) is 18.7 Å². The number of carbonyl (C=O) groups is 1. The molecule has 0 bridgehead atoms. The lowest BCUT2D eigenvalue weighted by molar-refractivity contribution is 0.0526. The minimum atomic E-state index is -0.308. The molecule has 6 heteroatoms. The van der Waals surface area contributed by atoms with Crippen molar-refractivity contribution in [2.24, 2.45) is 10.7 Å². The SMILES string of the molecule is CCOC(=O)c1ccc(CN=C(N)NCCc2cccs2)cc1. The molecule has 1 aromatic heterocycles. The molecule has 1 aromatic carbocycles. The number of hydrogen-bond donors (Lipinski definition) is 2. The Kier molecular flexibility index (Phi) is 6.62. The van der Waals surface area contributed by atoms with E-state index in [9.17, 15) is 4.79 Å². The summed E-state index contributed by atoms with van der Waals surface area (Å²) < 4.78 is 4.95. The highest BCUT2D eigenvalue weighted by Crippen LogP contribution is 2.08. The highest BCUT2D eigenvalue weighted by atomic mass is 32.1. The van der Waals surface area contributed by atoms with Crippen LogP contribution in [-0.2, 0) is 17.7 Å². The number of nitrogens with one attached hydrogen (secondary N) is 1. The highest BCUT2D eigenvalue weighted by Gasteiger charge is 2.05. The average molecular weight is 331 g/mol. The van der Waals surface area contributed by atoms with Crippen LogP contribution in [0.5, 0.6) is 0 Å². The lowest BCUT2D eigenvalue weighted by atomic mass is 10.1. The summed E-state index contributed by atoms with van der Waals surface area (Å²) >= 11 is 1.73. The number of rotatable bonds is 7. The van der Waals surface area contributed by atoms with Crippen LogP contribution in [0.15, 0.2) is 46.8 Å². The van der Waals surface area contributed by atoms with Gasteiger partial charge < -0.3 is 15.8 Å². The lowest BCUT2D eigenvalue weighted by Crippen LogP contribution is -2.33. The van der Waals surface area contributed by atoms with E-state index in [1.165, 1.54) is 4.88 Å². The van der Waals surface area contributed by atoms with Gasteiger partial charge in [0.15, 0.2) is 5.96 Å². The predicted molar refractivity (Wildman–Crippen MR) is 93.8 cm³/mol. The van der Waals surface area contributed by atoms with Crippen molar-refractivity contribution in [3.05, 3.63) is 57.8 Å². The van der Waals surface area contributed by atoms with Crippen LogP contribution in [0, 0.1) is 0 Å². The molecule has 0 aliphatic rings. The van der Waals surface area contributed by atoms with Crippen LogP contribution < -0.4 is 11.1 Å². The number of carbonyl (C=O) groups excluding carboxylic acids is 1. The van der Waals surface area contributed by atoms with Crippen molar-refractivity contribution in [1.29, 1.82) is 0 Å². The molecule has 0 spiro atoms. The van der Waals surface area contributed by atoms with E-state index in [4.69, 9.17) is 10.5 Å². The lowest BCUT2D eigenvalue weighted by Gasteiger charge is -2.05. The third kappa shape index (κ3) is 5.75. The summed E-state index contributed by atoms with van der Waals surface area (Å²) in [4.78, 5) is 17.2. The Morgan fingerprint density at radius 3 is 2.74 bits per heavy atom. The number of thiophene rings is 1. The smallest absolute Gasteiger partial charge is 0.338 e. The maximum absolute atomic E-state index is 11.6. The van der Waals surface area contributed by atoms with Gasteiger partial charge in [0.1, 0.15) is 0 Å². The van der Waals surface area contributed by atoms with Crippen LogP contribution >= 0.6 is 11.3 Å². The zero-order valence-electron chi connectivity index (χ0n) is 13.1. The summed E-state index contributed by atoms with van der Waals surface area (Å²) in [5, 5.41) is 5.16. The van der Waals surface area contributed by atoms with E-state index in [1.54, 1.807) is 30.4 Å². The van der Waals surface area contributed by atoms with Gasteiger partial charge in [0, 0.05) is 11.4 Å². The van der Waals surface area contributed by atoms with E-state index >= 15 is 0 Å². The third-order valence-electron chi connectivity index (χ3n) is 3.15. The standard InChI is InChI=1S/C17H21N3O2S/c1-2-22-16(21)14-7-5-13(6-8-14)12-20-17(18)19-10-9-15-4-3-11-23-15/h3-8,11H,2,9-10,12H2,1H3,(H3,18,19,20). The predicted octanol–water partition coefficient (Wildman–Crippen LogP) is 2.57. The monoisotopic (exact) mass is 331 g/mol. The number of nitrogens with two attached hydrogens (primary N) is 1. The topological polar surface area (TPSA) is 76.7 Å². The molecule has 0 radical (unpaired) electrons. The molecular weight excluding hydrogens is 310 g/mol. The molecule has 1 heterocycles. The normalized spacial score (nSPS) is 11.3. The molecule has 0 amide bonds. The van der Waals surface area contributed by atoms with Gasteiger partial charge in [-0.2, -0.15) is 0 Å². The second-order valence-corrected chi connectivity index (χ2v) is 5.91. The van der Waals surface area contributed by atoms with Crippen LogP contribution in [-0.4, -0.2) is 25.1 Å². The molecule has 2 aromatic rings. The molecule has 0 atom stereocenters. The molecule has 5 nitrogen and oxygen atoms in total. The number of ether oxygens (including phenoxy) is 1. The summed E-state index contributed by atoms with van der Waals surface area (Å²) in [5.41, 5.74) is 7.38. The van der Waals surface area contributed by atoms with E-state index < -0.39 is 0 Å². The zero-order valence-corrected chi connectivity index (χ0v) is 13.9. The Bertz CT molecular complexity index is 636. The van der Waals surface area contributed by atoms with Crippen LogP contribution in [0.4, 0.5) is 0 Å². The first-order valence-electron chi connectivity index (χ1n) is 7.51. The first-order chi connectivity index (χ1) is 11.2. The van der Waals surface area contributed by atoms with Gasteiger partial charge in [0.2, 0.25) is 0 Å². The van der Waals surface area contributed by atoms with Crippen molar-refractivity contribution in [1.82, 2.24) is 5.32 Å². The number of esters is 1. The molecule has 0 aliphatic heterocycles. The molecular formula is C17H21N3O2S. The fourth-order valence-electron chi connectivity index (χ4n) is 1.96. The van der Waals surface area contributed by atoms with E-state index in [1.807, 2.05) is 18.2 Å². The van der Waals surface area contributed by atoms with Gasteiger partial charge in [-0.1, -0.05) is 18.2 Å². The first-order valence-corrected chi connectivity index (χ1v) is 8.39. The molecule has 0 fully saturated rings. The van der Waals surface area contributed by atoms with Crippen molar-refractivity contribution in [3.8, 4) is 0 Å². The number of aliphatic imine (C=N–C) groups is 1. The summed E-state index contributed by atoms with van der Waals surface area (Å²) in [7, 11) is 0. The van der Waals surface area contributed by atoms with E-state index in [0.717, 1.165) is 18.5 Å². The maximum atomic E-state index is 11.6. The van der Waals surface area contributed by atoms with Crippen molar-refractivity contribution >= 4 is 23.3 Å². The van der Waals surface area contributed by atoms with Crippen LogP contribution in [0.3, 0.4) is 0 Å². The molecule has 0 saturated heterocycles. The summed E-state index contributed by atoms with van der Waals surface area (Å²) in [5.74, 6) is 0.119. The van der Waals surface area contributed by atoms with Crippen molar-refractivity contribution in [3.63, 3.8) is 0 Å². The van der Waals surface area contributed by atoms with Gasteiger partial charge in [0.25, 0.3) is 0 Å². The molecule has 2 rings (SSSR count). The van der Waals surface area contributed by atoms with Gasteiger partial charge in [-0.15, -0.1) is 11.3 Å². The molecule has 0 unspecified atom stereocenters. The Morgan fingerprint density at radius 1 is 1.30 bits per heavy atom. The summed E-state index contributed by atoms with van der Waals surface area (Å²) in [6.45, 7) is 3.40. The van der Waals surface area contributed by atoms with Crippen molar-refractivity contribution in [2.45, 2.75) is 19.9 Å². The van der Waals surface area contributed by atoms with Gasteiger partial charge in [-0.3, -0.25) is 0 Å². The van der Waals surface area contributed by atoms with Crippen LogP contribution in [0.2, 0.25) is 0 Å². The highest BCUT2D eigenvalue weighted by molar-refractivity contribution is 7.09. The van der Waals surface area contributed by atoms with Crippen LogP contribution in [0.25, 0.3) is 0 Å². The fraction of sp³-hybridized carbons (Fsp3) is 0.294. The molecule has 3 N–H and O–H groups in total. The Hall–Kier alpha value is -2.34. The molecule has 0 saturated carbocycles. The summed E-state index contributed by atoms with van der Waals surface area (Å²) in [6, 6.07) is 11.3. The Balaban J connectivity index is 1.78. The second kappa shape index (κ2) is 8.95. The fourth-order valence-corrected chi connectivity index (χ4v) is 2.67. The molecule has 0 aliphatic carbocycles. The van der Waals surface area contributed by atoms with Gasteiger partial charge in [-0.05, 0) is 42.5 Å². The Morgan fingerprint density at radius 2 is 2.09 bits per heavy atom. The second-order valence-electron chi connectivity index (χ2n) is 4.88. The number of nitrogens with zero attached hydrogens (tertiary/aromatic N) is 1. The average Bonchev–Trinajstić information content (AvgIpc) is 3.07. The number of hydrogen-bond acceptors (Lipinski definition) is 4. The van der Waals surface area contributed by atoms with Gasteiger partial charge in [-0.25, -0.2) is 9.79 Å². The van der Waals surface area contributed by atoms with Crippen LogP contribution in [0.1, 0.15) is 27.7 Å². The van der Waals surface area contributed by atoms with E-state index in [-0.39, 0.29) is 5.97 Å². The number of benzene rings is 1. The maximum Gasteiger partial charge on any atom is 0.338 e. The summed E-state index contributed by atoms with van der Waals surface area (Å²) in [6.07, 6.45) is 0.933. The van der Waals surface area contributed by atoms with Gasteiger partial charge >= 0.3 is 5.97 Å². The van der Waals surface area contributed by atoms with E-state index in [2.05, 4.69) is 21.8 Å². The quantitative estimate of drug-likeness (QED) is 0.464. The minimum Gasteiger partial charge on any atom is -0.462 e. The number of guanidine groups is 1. The van der Waals surface area contributed by atoms with E-state index in [0.29, 0.717) is 24.7 Å². The van der Waals surface area contributed by atoms with Crippen molar-refractivity contribution < 1.29 is 9.53 Å². The molecule has 23 heavy (non-hydrogen) atoms. The van der Waals surface area contributed by atoms with Crippen molar-refractivity contribution in [2.75, 3.05) is 13.2 Å². The first kappa shape index (κ1) is 17.0. The zero-order chi connectivity index (χ0) is 16.5. The molecule has 122 valence electrons.